The van der Waals surface area contributed by atoms with E-state index in [1.165, 1.54) is 11.8 Å². The summed E-state index contributed by atoms with van der Waals surface area (Å²) in [5, 5.41) is 17.8. The molecule has 0 spiro atoms. The van der Waals surface area contributed by atoms with Crippen molar-refractivity contribution in [3.63, 3.8) is 0 Å². The Balaban J connectivity index is 2.23. The zero-order valence-electron chi connectivity index (χ0n) is 22.1. The summed E-state index contributed by atoms with van der Waals surface area (Å²) in [7, 11) is 0. The lowest BCUT2D eigenvalue weighted by Gasteiger charge is -2.26. The smallest absolute Gasteiger partial charge is 0.326 e. The standard InChI is InChI=1S/C28H38N4O5S/c1-18(2)24(29)27(35)30-21(14-15-38-3)25(33)31-22(16-19-10-6-4-7-11-19)26(34)32-23(28(36)37)17-20-12-8-5-9-13-20/h4-13,18,21-24H,14-17,29H2,1-3H3,(H,30,35)(H,31,33)(H,32,34)(H,36,37). The molecule has 4 atom stereocenters. The van der Waals surface area contributed by atoms with Crippen molar-refractivity contribution >= 4 is 35.5 Å². The lowest BCUT2D eigenvalue weighted by atomic mass is 10.0. The summed E-state index contributed by atoms with van der Waals surface area (Å²) in [6.45, 7) is 3.63. The molecule has 206 valence electrons. The summed E-state index contributed by atoms with van der Waals surface area (Å²) in [6.07, 6.45) is 2.47. The molecule has 6 N–H and O–H groups in total. The van der Waals surface area contributed by atoms with E-state index in [9.17, 15) is 24.3 Å². The molecule has 38 heavy (non-hydrogen) atoms. The van der Waals surface area contributed by atoms with Crippen molar-refractivity contribution in [2.75, 3.05) is 12.0 Å². The van der Waals surface area contributed by atoms with Crippen molar-refractivity contribution in [3.8, 4) is 0 Å². The van der Waals surface area contributed by atoms with Crippen LogP contribution in [0.25, 0.3) is 0 Å². The van der Waals surface area contributed by atoms with Gasteiger partial charge < -0.3 is 26.8 Å². The van der Waals surface area contributed by atoms with Gasteiger partial charge in [0.25, 0.3) is 0 Å². The normalized spacial score (nSPS) is 14.1. The predicted molar refractivity (Wildman–Crippen MR) is 150 cm³/mol. The maximum Gasteiger partial charge on any atom is 0.326 e. The number of rotatable bonds is 15. The van der Waals surface area contributed by atoms with Crippen molar-refractivity contribution in [1.82, 2.24) is 16.0 Å². The minimum Gasteiger partial charge on any atom is -0.480 e. The van der Waals surface area contributed by atoms with Gasteiger partial charge in [0.15, 0.2) is 0 Å². The van der Waals surface area contributed by atoms with Crippen molar-refractivity contribution in [1.29, 1.82) is 0 Å². The van der Waals surface area contributed by atoms with Gasteiger partial charge in [-0.15, -0.1) is 0 Å². The molecule has 2 aromatic carbocycles. The van der Waals surface area contributed by atoms with Crippen LogP contribution in [0.2, 0.25) is 0 Å². The number of carbonyl (C=O) groups is 4. The van der Waals surface area contributed by atoms with E-state index in [-0.39, 0.29) is 18.8 Å². The van der Waals surface area contributed by atoms with E-state index in [4.69, 9.17) is 5.73 Å². The van der Waals surface area contributed by atoms with Crippen LogP contribution in [0.3, 0.4) is 0 Å². The van der Waals surface area contributed by atoms with Gasteiger partial charge in [-0.25, -0.2) is 4.79 Å². The summed E-state index contributed by atoms with van der Waals surface area (Å²) in [5.74, 6) is -2.30. The number of hydrogen-bond acceptors (Lipinski definition) is 6. The van der Waals surface area contributed by atoms with Gasteiger partial charge in [0.1, 0.15) is 18.1 Å². The molecule has 9 nitrogen and oxygen atoms in total. The van der Waals surface area contributed by atoms with E-state index >= 15 is 0 Å². The molecule has 0 aliphatic heterocycles. The van der Waals surface area contributed by atoms with Gasteiger partial charge >= 0.3 is 5.97 Å². The average molecular weight is 543 g/mol. The highest BCUT2D eigenvalue weighted by Crippen LogP contribution is 2.09. The summed E-state index contributed by atoms with van der Waals surface area (Å²) < 4.78 is 0. The first-order valence-electron chi connectivity index (χ1n) is 12.6. The first kappa shape index (κ1) is 30.9. The second-order valence-electron chi connectivity index (χ2n) is 9.45. The van der Waals surface area contributed by atoms with Crippen LogP contribution in [-0.2, 0) is 32.0 Å². The average Bonchev–Trinajstić information content (AvgIpc) is 2.90. The van der Waals surface area contributed by atoms with Crippen molar-refractivity contribution in [3.05, 3.63) is 71.8 Å². The van der Waals surface area contributed by atoms with E-state index in [1.54, 1.807) is 24.3 Å². The number of carbonyl (C=O) groups excluding carboxylic acids is 3. The zero-order chi connectivity index (χ0) is 28.1. The van der Waals surface area contributed by atoms with Gasteiger partial charge in [-0.05, 0) is 35.5 Å². The zero-order valence-corrected chi connectivity index (χ0v) is 22.9. The third kappa shape index (κ3) is 10.2. The number of carboxylic acids is 1. The second-order valence-corrected chi connectivity index (χ2v) is 10.4. The van der Waals surface area contributed by atoms with Crippen LogP contribution >= 0.6 is 11.8 Å². The van der Waals surface area contributed by atoms with Gasteiger partial charge in [-0.3, -0.25) is 14.4 Å². The monoisotopic (exact) mass is 542 g/mol. The molecule has 0 fully saturated rings. The summed E-state index contributed by atoms with van der Waals surface area (Å²) >= 11 is 1.52. The fourth-order valence-corrected chi connectivity index (χ4v) is 4.20. The van der Waals surface area contributed by atoms with Crippen LogP contribution in [0, 0.1) is 5.92 Å². The Morgan fingerprint density at radius 3 is 1.68 bits per heavy atom. The van der Waals surface area contributed by atoms with E-state index < -0.39 is 47.9 Å². The molecule has 10 heteroatoms. The van der Waals surface area contributed by atoms with Gasteiger partial charge in [-0.2, -0.15) is 11.8 Å². The number of hydrogen-bond donors (Lipinski definition) is 5. The lowest BCUT2D eigenvalue weighted by Crippen LogP contribution is -2.58. The van der Waals surface area contributed by atoms with Crippen molar-refractivity contribution < 1.29 is 24.3 Å². The molecule has 0 bridgehead atoms. The van der Waals surface area contributed by atoms with Crippen molar-refractivity contribution in [2.45, 2.75) is 57.3 Å². The van der Waals surface area contributed by atoms with Gasteiger partial charge in [0.05, 0.1) is 6.04 Å². The molecular formula is C28H38N4O5S. The molecule has 0 aliphatic rings. The minimum atomic E-state index is -1.18. The third-order valence-corrected chi connectivity index (χ3v) is 6.72. The molecule has 0 aromatic heterocycles. The maximum atomic E-state index is 13.3. The van der Waals surface area contributed by atoms with Gasteiger partial charge in [0, 0.05) is 12.8 Å². The topological polar surface area (TPSA) is 151 Å². The Labute approximate surface area is 228 Å². The number of aliphatic carboxylic acids is 1. The van der Waals surface area contributed by atoms with Gasteiger partial charge in [0.2, 0.25) is 17.7 Å². The van der Waals surface area contributed by atoms with Gasteiger partial charge in [-0.1, -0.05) is 74.5 Å². The van der Waals surface area contributed by atoms with Crippen LogP contribution < -0.4 is 21.7 Å². The van der Waals surface area contributed by atoms with E-state index in [0.29, 0.717) is 12.2 Å². The molecular weight excluding hydrogens is 504 g/mol. The van der Waals surface area contributed by atoms with Crippen LogP contribution in [0.1, 0.15) is 31.4 Å². The molecule has 0 saturated carbocycles. The molecule has 0 radical (unpaired) electrons. The number of thioether (sulfide) groups is 1. The highest BCUT2D eigenvalue weighted by molar-refractivity contribution is 7.98. The van der Waals surface area contributed by atoms with Crippen LogP contribution in [0.4, 0.5) is 0 Å². The van der Waals surface area contributed by atoms with E-state index in [2.05, 4.69) is 16.0 Å². The number of carboxylic acid groups (broad SMARTS) is 1. The minimum absolute atomic E-state index is 0.0907. The number of amides is 3. The molecule has 4 unspecified atom stereocenters. The first-order chi connectivity index (χ1) is 18.1. The molecule has 3 amide bonds. The second kappa shape index (κ2) is 15.8. The molecule has 2 rings (SSSR count). The summed E-state index contributed by atoms with van der Waals surface area (Å²) in [5.41, 5.74) is 7.51. The number of nitrogens with one attached hydrogen (secondary N) is 3. The fourth-order valence-electron chi connectivity index (χ4n) is 3.73. The van der Waals surface area contributed by atoms with E-state index in [0.717, 1.165) is 11.1 Å². The Hall–Kier alpha value is -3.37. The SMILES string of the molecule is CSCCC(NC(=O)C(N)C(C)C)C(=O)NC(Cc1ccccc1)C(=O)NC(Cc1ccccc1)C(=O)O. The quantitative estimate of drug-likeness (QED) is 0.230. The first-order valence-corrected chi connectivity index (χ1v) is 14.0. The summed E-state index contributed by atoms with van der Waals surface area (Å²) in [4.78, 5) is 51.2. The van der Waals surface area contributed by atoms with E-state index in [1.807, 2.05) is 56.5 Å². The molecule has 2 aromatic rings. The Kier molecular flexibility index (Phi) is 12.8. The number of benzene rings is 2. The number of nitrogens with two attached hydrogens (primary N) is 1. The molecule has 0 saturated heterocycles. The largest absolute Gasteiger partial charge is 0.480 e. The molecule has 0 heterocycles. The Morgan fingerprint density at radius 1 is 0.763 bits per heavy atom. The van der Waals surface area contributed by atoms with Crippen LogP contribution in [0.15, 0.2) is 60.7 Å². The molecule has 0 aliphatic carbocycles. The maximum absolute atomic E-state index is 13.3. The third-order valence-electron chi connectivity index (χ3n) is 6.08. The fraction of sp³-hybridized carbons (Fsp3) is 0.429. The highest BCUT2D eigenvalue weighted by atomic mass is 32.2. The Morgan fingerprint density at radius 2 is 1.21 bits per heavy atom. The lowest BCUT2D eigenvalue weighted by molar-refractivity contribution is -0.142. The van der Waals surface area contributed by atoms with Crippen molar-refractivity contribution in [2.24, 2.45) is 11.7 Å². The highest BCUT2D eigenvalue weighted by Gasteiger charge is 2.31. The van der Waals surface area contributed by atoms with Crippen LogP contribution in [-0.4, -0.2) is 65.0 Å². The Bertz CT molecular complexity index is 1050. The summed E-state index contributed by atoms with van der Waals surface area (Å²) in [6, 6.07) is 14.2. The van der Waals surface area contributed by atoms with Crippen LogP contribution in [0.5, 0.6) is 0 Å². The predicted octanol–water partition coefficient (Wildman–Crippen LogP) is 1.75.